The van der Waals surface area contributed by atoms with Crippen molar-refractivity contribution in [1.29, 1.82) is 0 Å². The molecule has 0 unspecified atom stereocenters. The van der Waals surface area contributed by atoms with Gasteiger partial charge in [-0.25, -0.2) is 4.98 Å². The van der Waals surface area contributed by atoms with E-state index in [1.165, 1.54) is 0 Å². The third-order valence-corrected chi connectivity index (χ3v) is 4.46. The fourth-order valence-electron chi connectivity index (χ4n) is 3.08. The van der Waals surface area contributed by atoms with Crippen molar-refractivity contribution in [2.24, 2.45) is 10.4 Å². The maximum absolute atomic E-state index is 11.1. The molecule has 0 saturated heterocycles. The van der Waals surface area contributed by atoms with Gasteiger partial charge in [0.15, 0.2) is 0 Å². The lowest BCUT2D eigenvalue weighted by Gasteiger charge is -2.14. The molecule has 0 spiro atoms. The van der Waals surface area contributed by atoms with Gasteiger partial charge in [-0.3, -0.25) is 0 Å². The number of aryl methyl sites for hydroxylation is 1. The molecular weight excluding hydrogens is 342 g/mol. The van der Waals surface area contributed by atoms with E-state index in [0.717, 1.165) is 27.7 Å². The molecule has 4 aromatic rings. The first-order valence-electron chi connectivity index (χ1n) is 8.26. The smallest absolute Gasteiger partial charge is 0.113 e. The average Bonchev–Trinajstić information content (AvgIpc) is 2.69. The molecule has 0 saturated carbocycles. The van der Waals surface area contributed by atoms with E-state index < -0.39 is 0 Å². The number of rotatable bonds is 4. The number of nitroso groups, excluding NO2 is 2. The minimum Gasteiger partial charge on any atom is -0.399 e. The number of nitrogen functional groups attached to an aromatic ring is 1. The molecule has 0 aliphatic heterocycles. The van der Waals surface area contributed by atoms with Crippen molar-refractivity contribution in [3.63, 3.8) is 0 Å². The average molecular weight is 357 g/mol. The van der Waals surface area contributed by atoms with Gasteiger partial charge >= 0.3 is 0 Å². The number of anilines is 3. The van der Waals surface area contributed by atoms with E-state index >= 15 is 0 Å². The Kier molecular flexibility index (Phi) is 3.97. The summed E-state index contributed by atoms with van der Waals surface area (Å²) in [5, 5.41) is 11.1. The maximum atomic E-state index is 11.1. The SMILES string of the molecule is Cc1cc2c(Nc3ccc(N)cc3)c3ccc(N=O)cc3nc2cc1N=O. The molecule has 27 heavy (non-hydrogen) atoms. The predicted octanol–water partition coefficient (Wildman–Crippen LogP) is 5.82. The minimum atomic E-state index is 0.286. The number of hydrogen-bond donors (Lipinski definition) is 2. The molecule has 1 aromatic heterocycles. The van der Waals surface area contributed by atoms with Crippen LogP contribution in [-0.4, -0.2) is 4.98 Å². The third-order valence-electron chi connectivity index (χ3n) is 4.46. The van der Waals surface area contributed by atoms with Gasteiger partial charge < -0.3 is 11.1 Å². The van der Waals surface area contributed by atoms with Crippen LogP contribution in [0.4, 0.5) is 28.4 Å². The summed E-state index contributed by atoms with van der Waals surface area (Å²) in [6.45, 7) is 1.83. The second kappa shape index (κ2) is 6.45. The summed E-state index contributed by atoms with van der Waals surface area (Å²) in [5.74, 6) is 0. The number of nitrogens with zero attached hydrogens (tertiary/aromatic N) is 3. The molecule has 0 radical (unpaired) electrons. The van der Waals surface area contributed by atoms with Crippen LogP contribution in [0.2, 0.25) is 0 Å². The molecule has 0 atom stereocenters. The highest BCUT2D eigenvalue weighted by Crippen LogP contribution is 2.37. The molecule has 0 amide bonds. The van der Waals surface area contributed by atoms with Crippen LogP contribution in [0.15, 0.2) is 65.0 Å². The second-order valence-electron chi connectivity index (χ2n) is 6.27. The van der Waals surface area contributed by atoms with E-state index in [1.807, 2.05) is 37.3 Å². The van der Waals surface area contributed by atoms with Crippen molar-refractivity contribution in [2.75, 3.05) is 11.1 Å². The van der Waals surface area contributed by atoms with Gasteiger partial charge in [0, 0.05) is 22.1 Å². The summed E-state index contributed by atoms with van der Waals surface area (Å²) in [6.07, 6.45) is 0. The fraction of sp³-hybridized carbons (Fsp3) is 0.0500. The van der Waals surface area contributed by atoms with E-state index in [4.69, 9.17) is 5.73 Å². The first-order chi connectivity index (χ1) is 13.1. The summed E-state index contributed by atoms with van der Waals surface area (Å²) in [4.78, 5) is 26.6. The van der Waals surface area contributed by atoms with E-state index in [0.29, 0.717) is 22.4 Å². The fourth-order valence-corrected chi connectivity index (χ4v) is 3.08. The zero-order valence-corrected chi connectivity index (χ0v) is 14.4. The van der Waals surface area contributed by atoms with Crippen molar-refractivity contribution in [1.82, 2.24) is 4.98 Å². The van der Waals surface area contributed by atoms with Gasteiger partial charge in [0.2, 0.25) is 0 Å². The molecule has 0 aliphatic rings. The van der Waals surface area contributed by atoms with Crippen LogP contribution >= 0.6 is 0 Å². The minimum absolute atomic E-state index is 0.286. The summed E-state index contributed by atoms with van der Waals surface area (Å²) in [5.41, 5.74) is 10.7. The summed E-state index contributed by atoms with van der Waals surface area (Å²) in [6, 6.07) is 16.0. The Hall–Kier alpha value is -3.87. The lowest BCUT2D eigenvalue weighted by Crippen LogP contribution is -1.96. The highest BCUT2D eigenvalue weighted by atomic mass is 16.3. The summed E-state index contributed by atoms with van der Waals surface area (Å²) < 4.78 is 0. The van der Waals surface area contributed by atoms with Gasteiger partial charge in [-0.2, -0.15) is 0 Å². The van der Waals surface area contributed by atoms with Crippen LogP contribution in [0.5, 0.6) is 0 Å². The normalized spacial score (nSPS) is 10.9. The standard InChI is InChI=1S/C20H15N5O2/c1-11-8-16-19(10-17(11)25-27)23-18-9-14(24-26)6-7-15(18)20(16)22-13-4-2-12(21)3-5-13/h2-10H,21H2,1H3,(H,22,23). The molecule has 7 nitrogen and oxygen atoms in total. The molecule has 3 aromatic carbocycles. The second-order valence-corrected chi connectivity index (χ2v) is 6.27. The number of benzene rings is 3. The zero-order valence-electron chi connectivity index (χ0n) is 14.4. The Balaban J connectivity index is 2.03. The number of hydrogen-bond acceptors (Lipinski definition) is 7. The van der Waals surface area contributed by atoms with Gasteiger partial charge in [0.1, 0.15) is 11.4 Å². The monoisotopic (exact) mass is 357 g/mol. The Morgan fingerprint density at radius 3 is 2.33 bits per heavy atom. The summed E-state index contributed by atoms with van der Waals surface area (Å²) >= 11 is 0. The number of nitrogens with one attached hydrogen (secondary N) is 1. The molecule has 7 heteroatoms. The first kappa shape index (κ1) is 16.6. The first-order valence-corrected chi connectivity index (χ1v) is 8.26. The highest BCUT2D eigenvalue weighted by Gasteiger charge is 2.13. The molecular formula is C20H15N5O2. The Labute approximate surface area is 154 Å². The molecule has 0 bridgehead atoms. The molecule has 4 rings (SSSR count). The van der Waals surface area contributed by atoms with Crippen molar-refractivity contribution in [3.05, 3.63) is 70.0 Å². The zero-order chi connectivity index (χ0) is 19.0. The number of pyridine rings is 1. The largest absolute Gasteiger partial charge is 0.399 e. The topological polar surface area (TPSA) is 110 Å². The van der Waals surface area contributed by atoms with E-state index in [1.54, 1.807) is 24.3 Å². The molecule has 3 N–H and O–H groups in total. The van der Waals surface area contributed by atoms with Gasteiger partial charge in [0.05, 0.1) is 16.7 Å². The van der Waals surface area contributed by atoms with Crippen LogP contribution in [0.1, 0.15) is 5.56 Å². The van der Waals surface area contributed by atoms with Crippen LogP contribution < -0.4 is 11.1 Å². The molecule has 132 valence electrons. The van der Waals surface area contributed by atoms with Crippen LogP contribution in [-0.2, 0) is 0 Å². The Bertz CT molecular complexity index is 1200. The third kappa shape index (κ3) is 2.95. The number of aromatic nitrogens is 1. The van der Waals surface area contributed by atoms with Crippen molar-refractivity contribution < 1.29 is 0 Å². The molecule has 0 aliphatic carbocycles. The maximum Gasteiger partial charge on any atom is 0.113 e. The highest BCUT2D eigenvalue weighted by molar-refractivity contribution is 6.10. The van der Waals surface area contributed by atoms with E-state index in [2.05, 4.69) is 20.7 Å². The van der Waals surface area contributed by atoms with Gasteiger partial charge in [-0.15, -0.1) is 9.81 Å². The van der Waals surface area contributed by atoms with Gasteiger partial charge in [0.25, 0.3) is 0 Å². The predicted molar refractivity (Wildman–Crippen MR) is 109 cm³/mol. The van der Waals surface area contributed by atoms with Crippen molar-refractivity contribution in [3.8, 4) is 0 Å². The molecule has 1 heterocycles. The number of fused-ring (bicyclic) bond motifs is 2. The van der Waals surface area contributed by atoms with Crippen LogP contribution in [0.25, 0.3) is 21.8 Å². The summed E-state index contributed by atoms with van der Waals surface area (Å²) in [7, 11) is 0. The van der Waals surface area contributed by atoms with E-state index in [-0.39, 0.29) is 5.69 Å². The Morgan fingerprint density at radius 1 is 0.889 bits per heavy atom. The lowest BCUT2D eigenvalue weighted by atomic mass is 10.0. The van der Waals surface area contributed by atoms with Gasteiger partial charge in [-0.05, 0) is 77.4 Å². The van der Waals surface area contributed by atoms with E-state index in [9.17, 15) is 9.81 Å². The quantitative estimate of drug-likeness (QED) is 0.272. The van der Waals surface area contributed by atoms with Gasteiger partial charge in [-0.1, -0.05) is 0 Å². The van der Waals surface area contributed by atoms with Crippen LogP contribution in [0, 0.1) is 16.7 Å². The number of nitrogens with two attached hydrogens (primary N) is 1. The van der Waals surface area contributed by atoms with Crippen molar-refractivity contribution >= 4 is 50.2 Å². The molecule has 0 fully saturated rings. The van der Waals surface area contributed by atoms with Crippen LogP contribution in [0.3, 0.4) is 0 Å². The van der Waals surface area contributed by atoms with Crippen molar-refractivity contribution in [2.45, 2.75) is 6.92 Å². The Morgan fingerprint density at radius 2 is 1.63 bits per heavy atom. The lowest BCUT2D eigenvalue weighted by molar-refractivity contribution is 1.38.